The second kappa shape index (κ2) is 9.79. The largest absolute Gasteiger partial charge is 0.378 e. The molecule has 1 aromatic rings. The summed E-state index contributed by atoms with van der Waals surface area (Å²) in [5.41, 5.74) is 1.28. The zero-order valence-electron chi connectivity index (χ0n) is 13.2. The third-order valence-corrected chi connectivity index (χ3v) is 3.51. The molecule has 1 amide bonds. The molecule has 2 unspecified atom stereocenters. The van der Waals surface area contributed by atoms with Crippen LogP contribution in [0.3, 0.4) is 0 Å². The number of morpholine rings is 1. The molecule has 1 saturated heterocycles. The number of ether oxygens (including phenoxy) is 1. The van der Waals surface area contributed by atoms with E-state index < -0.39 is 0 Å². The number of rotatable bonds is 6. The van der Waals surface area contributed by atoms with Gasteiger partial charge in [0.1, 0.15) is 6.04 Å². The summed E-state index contributed by atoms with van der Waals surface area (Å²) >= 11 is 0. The van der Waals surface area contributed by atoms with Crippen molar-refractivity contribution in [2.45, 2.75) is 25.6 Å². The van der Waals surface area contributed by atoms with E-state index in [1.165, 1.54) is 5.56 Å². The molecule has 0 saturated carbocycles. The lowest BCUT2D eigenvalue weighted by Gasteiger charge is -2.26. The van der Waals surface area contributed by atoms with E-state index in [1.54, 1.807) is 0 Å². The summed E-state index contributed by atoms with van der Waals surface area (Å²) in [7, 11) is 2.07. The average Bonchev–Trinajstić information content (AvgIpc) is 2.48. The van der Waals surface area contributed by atoms with Gasteiger partial charge in [-0.25, -0.2) is 0 Å². The number of hydrogen-bond donors (Lipinski definition) is 2. The minimum atomic E-state index is -0.222. The molecular formula is C16H26ClN3O2. The van der Waals surface area contributed by atoms with Gasteiger partial charge in [0.05, 0.1) is 13.2 Å². The zero-order chi connectivity index (χ0) is 15.1. The van der Waals surface area contributed by atoms with Crippen molar-refractivity contribution in [3.63, 3.8) is 0 Å². The van der Waals surface area contributed by atoms with E-state index in [4.69, 9.17) is 4.74 Å². The van der Waals surface area contributed by atoms with Crippen molar-refractivity contribution < 1.29 is 9.53 Å². The Kier molecular flexibility index (Phi) is 8.42. The van der Waals surface area contributed by atoms with Gasteiger partial charge >= 0.3 is 0 Å². The fourth-order valence-electron chi connectivity index (χ4n) is 2.55. The first-order valence-electron chi connectivity index (χ1n) is 7.49. The molecule has 0 aliphatic carbocycles. The molecule has 1 aromatic carbocycles. The van der Waals surface area contributed by atoms with Crippen LogP contribution < -0.4 is 10.6 Å². The van der Waals surface area contributed by atoms with Crippen molar-refractivity contribution >= 4 is 18.3 Å². The van der Waals surface area contributed by atoms with E-state index in [-0.39, 0.29) is 30.4 Å². The molecule has 2 N–H and O–H groups in total. The van der Waals surface area contributed by atoms with Crippen LogP contribution in [0.2, 0.25) is 0 Å². The Bertz CT molecular complexity index is 438. The summed E-state index contributed by atoms with van der Waals surface area (Å²) in [5, 5.41) is 6.21. The lowest BCUT2D eigenvalue weighted by Crippen LogP contribution is -2.54. The summed E-state index contributed by atoms with van der Waals surface area (Å²) < 4.78 is 5.31. The molecule has 1 heterocycles. The van der Waals surface area contributed by atoms with E-state index in [9.17, 15) is 4.79 Å². The number of benzene rings is 1. The van der Waals surface area contributed by atoms with Gasteiger partial charge in [-0.05, 0) is 19.5 Å². The number of nitrogens with zero attached hydrogens (tertiary/aromatic N) is 1. The number of carbonyl (C=O) groups excluding carboxylic acids is 1. The third-order valence-electron chi connectivity index (χ3n) is 3.51. The van der Waals surface area contributed by atoms with E-state index in [0.717, 1.165) is 19.6 Å². The van der Waals surface area contributed by atoms with Crippen LogP contribution in [0.1, 0.15) is 12.5 Å². The third kappa shape index (κ3) is 6.32. The van der Waals surface area contributed by atoms with Crippen LogP contribution >= 0.6 is 12.4 Å². The highest BCUT2D eigenvalue weighted by atomic mass is 35.5. The fourth-order valence-corrected chi connectivity index (χ4v) is 2.55. The number of hydrogen-bond acceptors (Lipinski definition) is 4. The maximum absolute atomic E-state index is 12.1. The Morgan fingerprint density at radius 3 is 2.82 bits per heavy atom. The SMILES string of the molecule is CC(CN(C)Cc1ccccc1)NC(=O)C1COCCN1.Cl. The minimum absolute atomic E-state index is 0. The van der Waals surface area contributed by atoms with Gasteiger partial charge < -0.3 is 20.3 Å². The Morgan fingerprint density at radius 2 is 2.18 bits per heavy atom. The first-order valence-corrected chi connectivity index (χ1v) is 7.49. The Labute approximate surface area is 138 Å². The van der Waals surface area contributed by atoms with Crippen molar-refractivity contribution in [1.82, 2.24) is 15.5 Å². The molecule has 0 bridgehead atoms. The molecule has 1 fully saturated rings. The average molecular weight is 328 g/mol. The second-order valence-electron chi connectivity index (χ2n) is 5.67. The van der Waals surface area contributed by atoms with Crippen molar-refractivity contribution in [3.8, 4) is 0 Å². The molecule has 6 heteroatoms. The number of halogens is 1. The van der Waals surface area contributed by atoms with Gasteiger partial charge in [0, 0.05) is 25.7 Å². The van der Waals surface area contributed by atoms with Gasteiger partial charge in [-0.2, -0.15) is 0 Å². The Hall–Kier alpha value is -1.14. The molecule has 0 spiro atoms. The number of likely N-dealkylation sites (N-methyl/N-ethyl adjacent to an activating group) is 1. The summed E-state index contributed by atoms with van der Waals surface area (Å²) in [6.07, 6.45) is 0. The lowest BCUT2D eigenvalue weighted by molar-refractivity contribution is -0.126. The monoisotopic (exact) mass is 327 g/mol. The van der Waals surface area contributed by atoms with Gasteiger partial charge in [-0.1, -0.05) is 30.3 Å². The quantitative estimate of drug-likeness (QED) is 0.819. The number of amides is 1. The fraction of sp³-hybridized carbons (Fsp3) is 0.562. The smallest absolute Gasteiger partial charge is 0.239 e. The predicted molar refractivity (Wildman–Crippen MR) is 90.2 cm³/mol. The van der Waals surface area contributed by atoms with Crippen LogP contribution in [-0.4, -0.2) is 56.2 Å². The molecule has 1 aliphatic rings. The maximum atomic E-state index is 12.1. The van der Waals surface area contributed by atoms with Gasteiger partial charge in [0.25, 0.3) is 0 Å². The van der Waals surface area contributed by atoms with Crippen LogP contribution in [0.5, 0.6) is 0 Å². The molecular weight excluding hydrogens is 302 g/mol. The summed E-state index contributed by atoms with van der Waals surface area (Å²) in [6.45, 7) is 5.60. The van der Waals surface area contributed by atoms with E-state index >= 15 is 0 Å². The van der Waals surface area contributed by atoms with Crippen molar-refractivity contribution in [1.29, 1.82) is 0 Å². The molecule has 2 atom stereocenters. The van der Waals surface area contributed by atoms with Crippen LogP contribution in [0.4, 0.5) is 0 Å². The number of carbonyl (C=O) groups is 1. The molecule has 5 nitrogen and oxygen atoms in total. The lowest BCUT2D eigenvalue weighted by atomic mass is 10.2. The second-order valence-corrected chi connectivity index (χ2v) is 5.67. The molecule has 1 aliphatic heterocycles. The Morgan fingerprint density at radius 1 is 1.45 bits per heavy atom. The first kappa shape index (κ1) is 18.9. The zero-order valence-corrected chi connectivity index (χ0v) is 14.1. The maximum Gasteiger partial charge on any atom is 0.239 e. The van der Waals surface area contributed by atoms with E-state index in [2.05, 4.69) is 34.7 Å². The molecule has 2 rings (SSSR count). The topological polar surface area (TPSA) is 53.6 Å². The van der Waals surface area contributed by atoms with Crippen molar-refractivity contribution in [3.05, 3.63) is 35.9 Å². The van der Waals surface area contributed by atoms with Crippen molar-refractivity contribution in [2.24, 2.45) is 0 Å². The van der Waals surface area contributed by atoms with E-state index in [1.807, 2.05) is 25.1 Å². The van der Waals surface area contributed by atoms with Gasteiger partial charge in [-0.15, -0.1) is 12.4 Å². The molecule has 0 aromatic heterocycles. The normalized spacial score (nSPS) is 19.3. The van der Waals surface area contributed by atoms with Crippen LogP contribution in [0.15, 0.2) is 30.3 Å². The highest BCUT2D eigenvalue weighted by Crippen LogP contribution is 2.03. The van der Waals surface area contributed by atoms with Crippen LogP contribution in [-0.2, 0) is 16.1 Å². The standard InChI is InChI=1S/C16H25N3O2.ClH/c1-13(18-16(20)15-12-21-9-8-17-15)10-19(2)11-14-6-4-3-5-7-14;/h3-7,13,15,17H,8-12H2,1-2H3,(H,18,20);1H. The van der Waals surface area contributed by atoms with Crippen LogP contribution in [0, 0.1) is 0 Å². The highest BCUT2D eigenvalue weighted by Gasteiger charge is 2.22. The van der Waals surface area contributed by atoms with Gasteiger partial charge in [0.2, 0.25) is 5.91 Å². The first-order chi connectivity index (χ1) is 10.1. The van der Waals surface area contributed by atoms with E-state index in [0.29, 0.717) is 13.2 Å². The molecule has 0 radical (unpaired) electrons. The summed E-state index contributed by atoms with van der Waals surface area (Å²) in [6, 6.07) is 10.2. The predicted octanol–water partition coefficient (Wildman–Crippen LogP) is 1.03. The number of nitrogens with one attached hydrogen (secondary N) is 2. The summed E-state index contributed by atoms with van der Waals surface area (Å²) in [4.78, 5) is 14.3. The highest BCUT2D eigenvalue weighted by molar-refractivity contribution is 5.85. The summed E-state index contributed by atoms with van der Waals surface area (Å²) in [5.74, 6) is 0.0234. The van der Waals surface area contributed by atoms with Crippen LogP contribution in [0.25, 0.3) is 0 Å². The van der Waals surface area contributed by atoms with Gasteiger partial charge in [0.15, 0.2) is 0 Å². The minimum Gasteiger partial charge on any atom is -0.378 e. The van der Waals surface area contributed by atoms with Crippen molar-refractivity contribution in [2.75, 3.05) is 33.4 Å². The molecule has 124 valence electrons. The molecule has 22 heavy (non-hydrogen) atoms. The van der Waals surface area contributed by atoms with Gasteiger partial charge in [-0.3, -0.25) is 4.79 Å². The Balaban J connectivity index is 0.00000242.